The van der Waals surface area contributed by atoms with Gasteiger partial charge in [-0.25, -0.2) is 0 Å². The molecule has 0 aliphatic heterocycles. The number of aromatic nitrogens is 1. The number of ether oxygens (including phenoxy) is 1. The number of rotatable bonds is 3. The van der Waals surface area contributed by atoms with Gasteiger partial charge < -0.3 is 9.26 Å². The highest BCUT2D eigenvalue weighted by Crippen LogP contribution is 2.27. The molecule has 0 N–H and O–H groups in total. The van der Waals surface area contributed by atoms with E-state index >= 15 is 0 Å². The molecule has 86 valence electrons. The molecule has 0 bridgehead atoms. The first-order valence-corrected chi connectivity index (χ1v) is 5.32. The Morgan fingerprint density at radius 1 is 1.41 bits per heavy atom. The Labute approximate surface area is 99.4 Å². The van der Waals surface area contributed by atoms with Gasteiger partial charge in [0.05, 0.1) is 7.11 Å². The second-order valence-electron chi connectivity index (χ2n) is 3.57. The highest BCUT2D eigenvalue weighted by molar-refractivity contribution is 5.61. The number of methoxy groups -OCH3 is 1. The highest BCUT2D eigenvalue weighted by atomic mass is 16.5. The Morgan fingerprint density at radius 2 is 2.24 bits per heavy atom. The minimum atomic E-state index is 0.286. The van der Waals surface area contributed by atoms with Gasteiger partial charge in [-0.15, -0.1) is 0 Å². The molecule has 4 heteroatoms. The number of aryl methyl sites for hydroxylation is 1. The van der Waals surface area contributed by atoms with E-state index in [1.54, 1.807) is 13.2 Å². The summed E-state index contributed by atoms with van der Waals surface area (Å²) in [4.78, 5) is 0. The zero-order valence-electron chi connectivity index (χ0n) is 9.73. The van der Waals surface area contributed by atoms with Gasteiger partial charge in [-0.3, -0.25) is 0 Å². The van der Waals surface area contributed by atoms with E-state index in [2.05, 4.69) is 12.1 Å². The Balaban J connectivity index is 2.43. The first kappa shape index (κ1) is 11.2. The van der Waals surface area contributed by atoms with Crippen molar-refractivity contribution in [2.75, 3.05) is 7.11 Å². The number of hydrogen-bond acceptors (Lipinski definition) is 4. The average molecular weight is 228 g/mol. The monoisotopic (exact) mass is 228 g/mol. The summed E-state index contributed by atoms with van der Waals surface area (Å²) in [6.07, 6.45) is 0.871. The molecule has 1 aromatic heterocycles. The van der Waals surface area contributed by atoms with Crippen LogP contribution in [-0.4, -0.2) is 12.3 Å². The van der Waals surface area contributed by atoms with Crippen LogP contribution in [0, 0.1) is 11.3 Å². The molecule has 1 heterocycles. The van der Waals surface area contributed by atoms with Crippen molar-refractivity contribution < 1.29 is 9.26 Å². The Hall–Kier alpha value is -2.28. The van der Waals surface area contributed by atoms with Crippen LogP contribution in [-0.2, 0) is 6.42 Å². The van der Waals surface area contributed by atoms with Crippen molar-refractivity contribution in [3.8, 4) is 23.1 Å². The number of nitrogens with zero attached hydrogens (tertiary/aromatic N) is 2. The summed E-state index contributed by atoms with van der Waals surface area (Å²) in [5.41, 5.74) is 2.28. The van der Waals surface area contributed by atoms with Crippen LogP contribution in [0.15, 0.2) is 28.8 Å². The Bertz CT molecular complexity index is 567. The standard InChI is InChI=1S/C13H12N2O2/c1-3-9-6-10(4-5-12(9)16-2)13-7-11(8-14)15-17-13/h4-7H,3H2,1-2H3. The molecule has 0 spiro atoms. The van der Waals surface area contributed by atoms with Crippen molar-refractivity contribution in [3.63, 3.8) is 0 Å². The maximum Gasteiger partial charge on any atom is 0.184 e. The molecule has 0 unspecified atom stereocenters. The molecular formula is C13H12N2O2. The molecule has 0 aliphatic carbocycles. The number of benzene rings is 1. The minimum Gasteiger partial charge on any atom is -0.496 e. The predicted molar refractivity (Wildman–Crippen MR) is 62.6 cm³/mol. The first-order valence-electron chi connectivity index (χ1n) is 5.32. The fraction of sp³-hybridized carbons (Fsp3) is 0.231. The lowest BCUT2D eigenvalue weighted by molar-refractivity contribution is 0.409. The number of hydrogen-bond donors (Lipinski definition) is 0. The molecule has 1 aromatic carbocycles. The quantitative estimate of drug-likeness (QED) is 0.810. The molecule has 0 aliphatic rings. The first-order chi connectivity index (χ1) is 8.28. The topological polar surface area (TPSA) is 59.0 Å². The van der Waals surface area contributed by atoms with Gasteiger partial charge in [-0.1, -0.05) is 12.1 Å². The number of nitriles is 1. The van der Waals surface area contributed by atoms with Gasteiger partial charge in [0.1, 0.15) is 11.8 Å². The van der Waals surface area contributed by atoms with Crippen LogP contribution < -0.4 is 4.74 Å². The maximum atomic E-state index is 8.69. The summed E-state index contributed by atoms with van der Waals surface area (Å²) in [5.74, 6) is 1.45. The van der Waals surface area contributed by atoms with Crippen molar-refractivity contribution in [3.05, 3.63) is 35.5 Å². The van der Waals surface area contributed by atoms with E-state index in [1.165, 1.54) is 0 Å². The van der Waals surface area contributed by atoms with Crippen molar-refractivity contribution in [1.29, 1.82) is 5.26 Å². The van der Waals surface area contributed by atoms with E-state index in [0.717, 1.165) is 23.3 Å². The molecular weight excluding hydrogens is 216 g/mol. The van der Waals surface area contributed by atoms with Crippen molar-refractivity contribution in [2.45, 2.75) is 13.3 Å². The fourth-order valence-corrected chi connectivity index (χ4v) is 1.67. The van der Waals surface area contributed by atoms with E-state index in [4.69, 9.17) is 14.5 Å². The molecule has 0 amide bonds. The van der Waals surface area contributed by atoms with E-state index in [9.17, 15) is 0 Å². The summed E-state index contributed by atoms with van der Waals surface area (Å²) < 4.78 is 10.4. The van der Waals surface area contributed by atoms with Gasteiger partial charge in [0.25, 0.3) is 0 Å². The zero-order valence-corrected chi connectivity index (χ0v) is 9.73. The molecule has 0 fully saturated rings. The second-order valence-corrected chi connectivity index (χ2v) is 3.57. The molecule has 0 atom stereocenters. The van der Waals surface area contributed by atoms with Crippen LogP contribution in [0.4, 0.5) is 0 Å². The smallest absolute Gasteiger partial charge is 0.184 e. The van der Waals surface area contributed by atoms with Crippen molar-refractivity contribution in [1.82, 2.24) is 5.16 Å². The SMILES string of the molecule is CCc1cc(-c2cc(C#N)no2)ccc1OC. The molecule has 0 saturated carbocycles. The summed E-state index contributed by atoms with van der Waals surface area (Å²) >= 11 is 0. The van der Waals surface area contributed by atoms with E-state index in [-0.39, 0.29) is 5.69 Å². The van der Waals surface area contributed by atoms with Crippen LogP contribution in [0.1, 0.15) is 18.2 Å². The van der Waals surface area contributed by atoms with Gasteiger partial charge in [0, 0.05) is 11.6 Å². The lowest BCUT2D eigenvalue weighted by Crippen LogP contribution is -1.90. The highest BCUT2D eigenvalue weighted by Gasteiger charge is 2.09. The average Bonchev–Trinajstić information content (AvgIpc) is 2.86. The van der Waals surface area contributed by atoms with Crippen LogP contribution >= 0.6 is 0 Å². The summed E-state index contributed by atoms with van der Waals surface area (Å²) in [5, 5.41) is 12.3. The van der Waals surface area contributed by atoms with Gasteiger partial charge in [-0.05, 0) is 30.2 Å². The molecule has 2 rings (SSSR count). The molecule has 17 heavy (non-hydrogen) atoms. The Kier molecular flexibility index (Phi) is 3.10. The molecule has 0 radical (unpaired) electrons. The summed E-state index contributed by atoms with van der Waals surface area (Å²) in [7, 11) is 1.65. The zero-order chi connectivity index (χ0) is 12.3. The summed E-state index contributed by atoms with van der Waals surface area (Å²) in [6.45, 7) is 2.06. The van der Waals surface area contributed by atoms with Gasteiger partial charge in [0.2, 0.25) is 0 Å². The lowest BCUT2D eigenvalue weighted by Gasteiger charge is -2.07. The largest absolute Gasteiger partial charge is 0.496 e. The third-order valence-corrected chi connectivity index (χ3v) is 2.57. The van der Waals surface area contributed by atoms with Gasteiger partial charge in [0.15, 0.2) is 11.5 Å². The molecule has 2 aromatic rings. The summed E-state index contributed by atoms with van der Waals surface area (Å²) in [6, 6.07) is 9.33. The van der Waals surface area contributed by atoms with Crippen molar-refractivity contribution >= 4 is 0 Å². The molecule has 0 saturated heterocycles. The molecule has 4 nitrogen and oxygen atoms in total. The van der Waals surface area contributed by atoms with Crippen LogP contribution in [0.2, 0.25) is 0 Å². The normalized spacial score (nSPS) is 9.94. The van der Waals surface area contributed by atoms with E-state index in [1.807, 2.05) is 24.3 Å². The van der Waals surface area contributed by atoms with Crippen LogP contribution in [0.3, 0.4) is 0 Å². The van der Waals surface area contributed by atoms with Crippen LogP contribution in [0.25, 0.3) is 11.3 Å². The lowest BCUT2D eigenvalue weighted by atomic mass is 10.1. The second kappa shape index (κ2) is 4.71. The Morgan fingerprint density at radius 3 is 2.82 bits per heavy atom. The van der Waals surface area contributed by atoms with E-state index < -0.39 is 0 Å². The van der Waals surface area contributed by atoms with Crippen LogP contribution in [0.5, 0.6) is 5.75 Å². The van der Waals surface area contributed by atoms with Crippen molar-refractivity contribution in [2.24, 2.45) is 0 Å². The fourth-order valence-electron chi connectivity index (χ4n) is 1.67. The van der Waals surface area contributed by atoms with Gasteiger partial charge >= 0.3 is 0 Å². The van der Waals surface area contributed by atoms with Gasteiger partial charge in [-0.2, -0.15) is 5.26 Å². The minimum absolute atomic E-state index is 0.286. The third-order valence-electron chi connectivity index (χ3n) is 2.57. The van der Waals surface area contributed by atoms with E-state index in [0.29, 0.717) is 5.76 Å². The predicted octanol–water partition coefficient (Wildman–Crippen LogP) is 2.78. The third kappa shape index (κ3) is 2.13. The maximum absolute atomic E-state index is 8.69.